The molecule has 0 saturated carbocycles. The fraction of sp³-hybridized carbons (Fsp3) is 0.133. The molecule has 21 heavy (non-hydrogen) atoms. The summed E-state index contributed by atoms with van der Waals surface area (Å²) >= 11 is 1.33. The Morgan fingerprint density at radius 1 is 1.24 bits per heavy atom. The highest BCUT2D eigenvalue weighted by Gasteiger charge is 2.13. The number of pyridine rings is 1. The Hall–Kier alpha value is -2.34. The number of aromatic nitrogens is 1. The molecule has 0 saturated heterocycles. The summed E-state index contributed by atoms with van der Waals surface area (Å²) in [6.45, 7) is 0. The molecule has 1 aromatic carbocycles. The van der Waals surface area contributed by atoms with Gasteiger partial charge in [-0.2, -0.15) is 0 Å². The average Bonchev–Trinajstić information content (AvgIpc) is 2.48. The van der Waals surface area contributed by atoms with Gasteiger partial charge in [-0.1, -0.05) is 23.9 Å². The maximum absolute atomic E-state index is 11.7. The second-order valence-electron chi connectivity index (χ2n) is 4.16. The van der Waals surface area contributed by atoms with Crippen molar-refractivity contribution in [2.24, 2.45) is 0 Å². The number of rotatable bonds is 5. The van der Waals surface area contributed by atoms with Crippen LogP contribution in [0.4, 0.5) is 0 Å². The van der Waals surface area contributed by atoms with Crippen LogP contribution in [0.3, 0.4) is 0 Å². The van der Waals surface area contributed by atoms with E-state index in [4.69, 9.17) is 9.84 Å². The number of carboxylic acid groups (broad SMARTS) is 1. The van der Waals surface area contributed by atoms with E-state index in [2.05, 4.69) is 4.98 Å². The van der Waals surface area contributed by atoms with Gasteiger partial charge in [0.05, 0.1) is 19.1 Å². The van der Waals surface area contributed by atoms with E-state index in [0.29, 0.717) is 10.6 Å². The third kappa shape index (κ3) is 4.06. The van der Waals surface area contributed by atoms with Gasteiger partial charge in [-0.05, 0) is 29.8 Å². The average molecular weight is 303 g/mol. The number of ether oxygens (including phenoxy) is 1. The first-order chi connectivity index (χ1) is 10.1. The summed E-state index contributed by atoms with van der Waals surface area (Å²) in [5.41, 5.74) is 1.13. The molecule has 0 amide bonds. The van der Waals surface area contributed by atoms with Crippen LogP contribution < -0.4 is 0 Å². The van der Waals surface area contributed by atoms with Crippen molar-refractivity contribution >= 4 is 23.7 Å². The predicted molar refractivity (Wildman–Crippen MR) is 77.5 cm³/mol. The molecule has 0 aliphatic heterocycles. The van der Waals surface area contributed by atoms with Gasteiger partial charge in [-0.3, -0.25) is 4.79 Å². The molecule has 0 radical (unpaired) electrons. The second kappa shape index (κ2) is 6.90. The van der Waals surface area contributed by atoms with E-state index in [1.807, 2.05) is 0 Å². The molecule has 0 spiro atoms. The molecule has 2 aromatic rings. The van der Waals surface area contributed by atoms with Crippen molar-refractivity contribution in [1.29, 1.82) is 0 Å². The Balaban J connectivity index is 2.18. The predicted octanol–water partition coefficient (Wildman–Crippen LogP) is 2.65. The summed E-state index contributed by atoms with van der Waals surface area (Å²) in [5, 5.41) is 9.28. The molecule has 0 aliphatic carbocycles. The largest absolute Gasteiger partial charge is 0.481 e. The Bertz CT molecular complexity index is 655. The van der Waals surface area contributed by atoms with Crippen LogP contribution >= 0.6 is 11.8 Å². The Morgan fingerprint density at radius 2 is 1.95 bits per heavy atom. The van der Waals surface area contributed by atoms with Crippen LogP contribution in [0.15, 0.2) is 52.5 Å². The highest BCUT2D eigenvalue weighted by Crippen LogP contribution is 2.29. The van der Waals surface area contributed by atoms with Crippen LogP contribution in [0, 0.1) is 0 Å². The highest BCUT2D eigenvalue weighted by molar-refractivity contribution is 7.99. The number of carbonyl (C=O) groups is 2. The van der Waals surface area contributed by atoms with Gasteiger partial charge >= 0.3 is 11.9 Å². The van der Waals surface area contributed by atoms with E-state index in [1.54, 1.807) is 42.6 Å². The van der Waals surface area contributed by atoms with Crippen molar-refractivity contribution in [1.82, 2.24) is 4.98 Å². The van der Waals surface area contributed by atoms with Gasteiger partial charge in [0.1, 0.15) is 5.03 Å². The molecule has 0 atom stereocenters. The van der Waals surface area contributed by atoms with Crippen LogP contribution in [0.25, 0.3) is 0 Å². The maximum Gasteiger partial charge on any atom is 0.340 e. The Labute approximate surface area is 126 Å². The zero-order valence-corrected chi connectivity index (χ0v) is 12.1. The second-order valence-corrected chi connectivity index (χ2v) is 5.23. The molecule has 1 aromatic heterocycles. The van der Waals surface area contributed by atoms with Crippen LogP contribution in [0.1, 0.15) is 15.9 Å². The van der Waals surface area contributed by atoms with Crippen LogP contribution in [0.5, 0.6) is 0 Å². The minimum Gasteiger partial charge on any atom is -0.481 e. The number of hydrogen-bond acceptors (Lipinski definition) is 5. The summed E-state index contributed by atoms with van der Waals surface area (Å²) in [5.74, 6) is -1.30. The number of aliphatic carboxylic acids is 1. The summed E-state index contributed by atoms with van der Waals surface area (Å²) in [6.07, 6.45) is 1.59. The van der Waals surface area contributed by atoms with Crippen molar-refractivity contribution < 1.29 is 19.4 Å². The zero-order chi connectivity index (χ0) is 15.2. The highest BCUT2D eigenvalue weighted by atomic mass is 32.2. The van der Waals surface area contributed by atoms with E-state index in [1.165, 1.54) is 18.9 Å². The Morgan fingerprint density at radius 3 is 2.57 bits per heavy atom. The van der Waals surface area contributed by atoms with E-state index >= 15 is 0 Å². The molecule has 6 heteroatoms. The first-order valence-electron chi connectivity index (χ1n) is 6.12. The lowest BCUT2D eigenvalue weighted by Gasteiger charge is -2.06. The van der Waals surface area contributed by atoms with Crippen molar-refractivity contribution in [3.05, 3.63) is 53.7 Å². The molecule has 108 valence electrons. The molecule has 0 aliphatic rings. The Kier molecular flexibility index (Phi) is 4.94. The molecule has 5 nitrogen and oxygen atoms in total. The van der Waals surface area contributed by atoms with Crippen LogP contribution in [-0.2, 0) is 16.0 Å². The molecule has 1 N–H and O–H groups in total. The normalized spacial score (nSPS) is 10.1. The minimum atomic E-state index is -0.867. The number of nitrogens with zero attached hydrogens (tertiary/aromatic N) is 1. The van der Waals surface area contributed by atoms with Gasteiger partial charge in [0, 0.05) is 11.1 Å². The fourth-order valence-electron chi connectivity index (χ4n) is 1.70. The lowest BCUT2D eigenvalue weighted by molar-refractivity contribution is -0.136. The number of carboxylic acids is 1. The quantitative estimate of drug-likeness (QED) is 0.856. The van der Waals surface area contributed by atoms with Crippen molar-refractivity contribution in [3.63, 3.8) is 0 Å². The standard InChI is InChI=1S/C15H13NO4S/c1-20-15(19)12-3-2-8-16-14(12)21-11-6-4-10(5-7-11)9-13(17)18/h2-8H,9H2,1H3,(H,17,18). The minimum absolute atomic E-state index is 0.0120. The third-order valence-electron chi connectivity index (χ3n) is 2.67. The van der Waals surface area contributed by atoms with E-state index in [-0.39, 0.29) is 6.42 Å². The van der Waals surface area contributed by atoms with E-state index < -0.39 is 11.9 Å². The lowest BCUT2D eigenvalue weighted by Crippen LogP contribution is -2.04. The molecular formula is C15H13NO4S. The van der Waals surface area contributed by atoms with Gasteiger partial charge in [-0.25, -0.2) is 9.78 Å². The number of esters is 1. The summed E-state index contributed by atoms with van der Waals surface area (Å²) < 4.78 is 4.72. The third-order valence-corrected chi connectivity index (χ3v) is 3.70. The number of methoxy groups -OCH3 is 1. The van der Waals surface area contributed by atoms with E-state index in [0.717, 1.165) is 10.5 Å². The van der Waals surface area contributed by atoms with Gasteiger partial charge in [-0.15, -0.1) is 0 Å². The van der Waals surface area contributed by atoms with Gasteiger partial charge in [0.15, 0.2) is 0 Å². The fourth-order valence-corrected chi connectivity index (χ4v) is 2.57. The smallest absolute Gasteiger partial charge is 0.340 e. The topological polar surface area (TPSA) is 76.5 Å². The molecular weight excluding hydrogens is 290 g/mol. The van der Waals surface area contributed by atoms with Gasteiger partial charge < -0.3 is 9.84 Å². The molecule has 0 bridgehead atoms. The first-order valence-corrected chi connectivity index (χ1v) is 6.93. The summed E-state index contributed by atoms with van der Waals surface area (Å²) in [4.78, 5) is 27.3. The zero-order valence-electron chi connectivity index (χ0n) is 11.3. The lowest BCUT2D eigenvalue weighted by atomic mass is 10.2. The monoisotopic (exact) mass is 303 g/mol. The van der Waals surface area contributed by atoms with E-state index in [9.17, 15) is 9.59 Å². The molecule has 1 heterocycles. The number of benzene rings is 1. The van der Waals surface area contributed by atoms with Gasteiger partial charge in [0.25, 0.3) is 0 Å². The van der Waals surface area contributed by atoms with Crippen molar-refractivity contribution in [2.45, 2.75) is 16.3 Å². The summed E-state index contributed by atoms with van der Waals surface area (Å²) in [7, 11) is 1.32. The first kappa shape index (κ1) is 15.1. The van der Waals surface area contributed by atoms with Gasteiger partial charge in [0.2, 0.25) is 0 Å². The SMILES string of the molecule is COC(=O)c1cccnc1Sc1ccc(CC(=O)O)cc1. The van der Waals surface area contributed by atoms with Crippen molar-refractivity contribution in [3.8, 4) is 0 Å². The molecule has 0 fully saturated rings. The number of carbonyl (C=O) groups excluding carboxylic acids is 1. The molecule has 2 rings (SSSR count). The van der Waals surface area contributed by atoms with Crippen LogP contribution in [0.2, 0.25) is 0 Å². The maximum atomic E-state index is 11.7. The molecule has 0 unspecified atom stereocenters. The van der Waals surface area contributed by atoms with Crippen molar-refractivity contribution in [2.75, 3.05) is 7.11 Å². The van der Waals surface area contributed by atoms with Crippen LogP contribution in [-0.4, -0.2) is 29.1 Å². The number of hydrogen-bond donors (Lipinski definition) is 1. The summed E-state index contributed by atoms with van der Waals surface area (Å²) in [6, 6.07) is 10.4.